The fourth-order valence-corrected chi connectivity index (χ4v) is 2.41. The van der Waals surface area contributed by atoms with E-state index in [0.717, 1.165) is 18.2 Å². The van der Waals surface area contributed by atoms with Gasteiger partial charge in [0.2, 0.25) is 5.91 Å². The second-order valence-corrected chi connectivity index (χ2v) is 5.27. The van der Waals surface area contributed by atoms with Gasteiger partial charge in [-0.25, -0.2) is 8.78 Å². The van der Waals surface area contributed by atoms with Gasteiger partial charge in [-0.1, -0.05) is 6.07 Å². The van der Waals surface area contributed by atoms with Gasteiger partial charge in [0.15, 0.2) is 0 Å². The van der Waals surface area contributed by atoms with Gasteiger partial charge in [0.25, 0.3) is 5.91 Å². The molecule has 0 bridgehead atoms. The van der Waals surface area contributed by atoms with E-state index < -0.39 is 46.8 Å². The van der Waals surface area contributed by atoms with Crippen molar-refractivity contribution < 1.29 is 28.3 Å². The van der Waals surface area contributed by atoms with Gasteiger partial charge in [0.05, 0.1) is 11.8 Å². The maximum Gasteiger partial charge on any atom is 0.307 e. The van der Waals surface area contributed by atoms with E-state index in [9.17, 15) is 23.2 Å². The highest BCUT2D eigenvalue weighted by Gasteiger charge is 2.41. The van der Waals surface area contributed by atoms with Crippen LogP contribution in [-0.2, 0) is 9.59 Å². The molecule has 124 valence electrons. The molecule has 1 aromatic carbocycles. The molecule has 0 saturated heterocycles. The van der Waals surface area contributed by atoms with Crippen molar-refractivity contribution in [3.05, 3.63) is 35.4 Å². The largest absolute Gasteiger partial charge is 0.481 e. The summed E-state index contributed by atoms with van der Waals surface area (Å²) in [5, 5.41) is 13.7. The zero-order valence-electron chi connectivity index (χ0n) is 12.1. The van der Waals surface area contributed by atoms with Gasteiger partial charge in [-0.2, -0.15) is 0 Å². The zero-order chi connectivity index (χ0) is 17.0. The molecule has 1 aromatic rings. The van der Waals surface area contributed by atoms with Gasteiger partial charge < -0.3 is 15.7 Å². The van der Waals surface area contributed by atoms with Crippen LogP contribution in [0.5, 0.6) is 0 Å². The lowest BCUT2D eigenvalue weighted by Gasteiger charge is -2.31. The van der Waals surface area contributed by atoms with Crippen molar-refractivity contribution in [3.63, 3.8) is 0 Å². The average Bonchev–Trinajstić information content (AvgIpc) is 2.41. The molecule has 6 nitrogen and oxygen atoms in total. The fraction of sp³-hybridized carbons (Fsp3) is 0.400. The summed E-state index contributed by atoms with van der Waals surface area (Å²) >= 11 is 0. The Labute approximate surface area is 130 Å². The number of hydrogen-bond donors (Lipinski definition) is 3. The summed E-state index contributed by atoms with van der Waals surface area (Å²) in [6.07, 6.45) is 0.978. The van der Waals surface area contributed by atoms with Crippen molar-refractivity contribution in [2.75, 3.05) is 13.1 Å². The molecule has 1 aliphatic carbocycles. The van der Waals surface area contributed by atoms with Gasteiger partial charge >= 0.3 is 5.97 Å². The number of carbonyl (C=O) groups is 3. The summed E-state index contributed by atoms with van der Waals surface area (Å²) in [7, 11) is 0. The number of hydrogen-bond acceptors (Lipinski definition) is 3. The summed E-state index contributed by atoms with van der Waals surface area (Å²) in [6, 6.07) is 3.10. The zero-order valence-corrected chi connectivity index (χ0v) is 12.1. The van der Waals surface area contributed by atoms with Crippen LogP contribution in [0.1, 0.15) is 23.2 Å². The number of carbonyl (C=O) groups excluding carboxylic acids is 2. The smallest absolute Gasteiger partial charge is 0.307 e. The van der Waals surface area contributed by atoms with E-state index in [-0.39, 0.29) is 13.1 Å². The lowest BCUT2D eigenvalue weighted by Crippen LogP contribution is -2.45. The van der Waals surface area contributed by atoms with Crippen LogP contribution in [0.4, 0.5) is 8.78 Å². The van der Waals surface area contributed by atoms with Crippen LogP contribution in [0.3, 0.4) is 0 Å². The Morgan fingerprint density at radius 2 is 1.61 bits per heavy atom. The molecule has 2 amide bonds. The van der Waals surface area contributed by atoms with Crippen molar-refractivity contribution in [3.8, 4) is 0 Å². The number of carboxylic acids is 1. The molecule has 8 heteroatoms. The van der Waals surface area contributed by atoms with E-state index in [4.69, 9.17) is 5.11 Å². The highest BCUT2D eigenvalue weighted by atomic mass is 19.1. The van der Waals surface area contributed by atoms with Crippen LogP contribution < -0.4 is 10.6 Å². The number of nitrogens with one attached hydrogen (secondary N) is 2. The van der Waals surface area contributed by atoms with E-state index in [0.29, 0.717) is 12.8 Å². The second kappa shape index (κ2) is 7.17. The summed E-state index contributed by atoms with van der Waals surface area (Å²) in [5.74, 6) is -5.48. The second-order valence-electron chi connectivity index (χ2n) is 5.27. The Kier molecular flexibility index (Phi) is 5.25. The molecule has 2 unspecified atom stereocenters. The third-order valence-electron chi connectivity index (χ3n) is 3.83. The Balaban J connectivity index is 1.76. The molecule has 0 heterocycles. The minimum Gasteiger partial charge on any atom is -0.481 e. The summed E-state index contributed by atoms with van der Waals surface area (Å²) in [5.41, 5.74) is -0.677. The molecule has 1 saturated carbocycles. The van der Waals surface area contributed by atoms with E-state index in [1.165, 1.54) is 0 Å². The number of benzene rings is 1. The molecular formula is C15H16F2N2O4. The first kappa shape index (κ1) is 16.9. The van der Waals surface area contributed by atoms with Crippen LogP contribution >= 0.6 is 0 Å². The van der Waals surface area contributed by atoms with Gasteiger partial charge in [0.1, 0.15) is 17.2 Å². The van der Waals surface area contributed by atoms with Crippen molar-refractivity contribution >= 4 is 17.8 Å². The lowest BCUT2D eigenvalue weighted by molar-refractivity contribution is -0.152. The number of carboxylic acid groups (broad SMARTS) is 1. The van der Waals surface area contributed by atoms with Crippen molar-refractivity contribution in [2.45, 2.75) is 12.8 Å². The maximum atomic E-state index is 13.4. The van der Waals surface area contributed by atoms with E-state index in [1.54, 1.807) is 0 Å². The topological polar surface area (TPSA) is 95.5 Å². The Morgan fingerprint density at radius 1 is 1.04 bits per heavy atom. The first-order chi connectivity index (χ1) is 10.9. The fourth-order valence-electron chi connectivity index (χ4n) is 2.41. The number of halogens is 2. The molecule has 0 aromatic heterocycles. The maximum absolute atomic E-state index is 13.4. The van der Waals surface area contributed by atoms with Gasteiger partial charge in [0, 0.05) is 13.1 Å². The average molecular weight is 326 g/mol. The monoisotopic (exact) mass is 326 g/mol. The lowest BCUT2D eigenvalue weighted by atomic mass is 9.73. The number of aliphatic carboxylic acids is 1. The molecule has 0 spiro atoms. The van der Waals surface area contributed by atoms with Crippen LogP contribution in [-0.4, -0.2) is 36.0 Å². The van der Waals surface area contributed by atoms with Gasteiger partial charge in [-0.15, -0.1) is 0 Å². The predicted molar refractivity (Wildman–Crippen MR) is 75.6 cm³/mol. The van der Waals surface area contributed by atoms with Crippen molar-refractivity contribution in [2.24, 2.45) is 11.8 Å². The summed E-state index contributed by atoms with van der Waals surface area (Å²) in [4.78, 5) is 34.3. The third-order valence-corrected chi connectivity index (χ3v) is 3.83. The van der Waals surface area contributed by atoms with Crippen LogP contribution in [0, 0.1) is 23.5 Å². The quantitative estimate of drug-likeness (QED) is 0.678. The highest BCUT2D eigenvalue weighted by molar-refractivity contribution is 5.94. The van der Waals surface area contributed by atoms with Gasteiger partial charge in [-0.05, 0) is 25.0 Å². The molecule has 3 N–H and O–H groups in total. The molecule has 2 rings (SSSR count). The Bertz CT molecular complexity index is 616. The molecule has 23 heavy (non-hydrogen) atoms. The minimum atomic E-state index is -1.00. The predicted octanol–water partition coefficient (Wildman–Crippen LogP) is 0.922. The molecule has 0 aliphatic heterocycles. The summed E-state index contributed by atoms with van der Waals surface area (Å²) in [6.45, 7) is 0.0201. The molecule has 1 aliphatic rings. The SMILES string of the molecule is O=C(NCCNC(=O)C1CCC1C(=O)O)c1c(F)cccc1F. The Morgan fingerprint density at radius 3 is 2.13 bits per heavy atom. The molecule has 0 radical (unpaired) electrons. The minimum absolute atomic E-state index is 0.0250. The standard InChI is InChI=1S/C15H16F2N2O4/c16-10-2-1-3-11(17)12(10)14(21)19-7-6-18-13(20)8-4-5-9(8)15(22)23/h1-3,8-9H,4-7H2,(H,18,20)(H,19,21)(H,22,23). The molecule has 2 atom stereocenters. The van der Waals surface area contributed by atoms with Crippen molar-refractivity contribution in [1.82, 2.24) is 10.6 Å². The van der Waals surface area contributed by atoms with Crippen molar-refractivity contribution in [1.29, 1.82) is 0 Å². The van der Waals surface area contributed by atoms with Crippen LogP contribution in [0.25, 0.3) is 0 Å². The van der Waals surface area contributed by atoms with E-state index in [1.807, 2.05) is 0 Å². The van der Waals surface area contributed by atoms with E-state index in [2.05, 4.69) is 10.6 Å². The number of amides is 2. The first-order valence-corrected chi connectivity index (χ1v) is 7.14. The highest BCUT2D eigenvalue weighted by Crippen LogP contribution is 2.34. The first-order valence-electron chi connectivity index (χ1n) is 7.14. The van der Waals surface area contributed by atoms with Gasteiger partial charge in [-0.3, -0.25) is 14.4 Å². The summed E-state index contributed by atoms with van der Waals surface area (Å²) < 4.78 is 26.8. The van der Waals surface area contributed by atoms with E-state index >= 15 is 0 Å². The normalized spacial score (nSPS) is 19.6. The van der Waals surface area contributed by atoms with Crippen LogP contribution in [0.2, 0.25) is 0 Å². The third kappa shape index (κ3) is 3.82. The Hall–Kier alpha value is -2.51. The molecular weight excluding hydrogens is 310 g/mol. The van der Waals surface area contributed by atoms with Crippen LogP contribution in [0.15, 0.2) is 18.2 Å². The number of rotatable bonds is 6. The molecule has 1 fully saturated rings.